The van der Waals surface area contributed by atoms with E-state index >= 15 is 0 Å². The molecule has 3 heteroatoms. The molecule has 0 aromatic carbocycles. The molecule has 1 aromatic heterocycles. The van der Waals surface area contributed by atoms with Crippen LogP contribution in [-0.2, 0) is 6.54 Å². The summed E-state index contributed by atoms with van der Waals surface area (Å²) in [6, 6.07) is 3.94. The summed E-state index contributed by atoms with van der Waals surface area (Å²) >= 11 is 0. The standard InChI is InChI=1S/C14H22N2O/c1-14(2,3)16-9-12-13(5-4-8-15-12)17-10-11-6-7-11/h4-5,8,11,16H,6-7,9-10H2,1-3H3. The molecule has 0 saturated heterocycles. The summed E-state index contributed by atoms with van der Waals surface area (Å²) in [5.74, 6) is 1.70. The Bertz CT molecular complexity index is 367. The lowest BCUT2D eigenvalue weighted by atomic mass is 10.1. The summed E-state index contributed by atoms with van der Waals surface area (Å²) in [6.07, 6.45) is 4.45. The summed E-state index contributed by atoms with van der Waals surface area (Å²) < 4.78 is 5.82. The van der Waals surface area contributed by atoms with Crippen molar-refractivity contribution in [2.75, 3.05) is 6.61 Å². The number of nitrogens with one attached hydrogen (secondary N) is 1. The molecule has 1 aliphatic rings. The van der Waals surface area contributed by atoms with Crippen molar-refractivity contribution >= 4 is 0 Å². The van der Waals surface area contributed by atoms with Gasteiger partial charge in [-0.1, -0.05) is 0 Å². The van der Waals surface area contributed by atoms with Crippen molar-refractivity contribution in [2.45, 2.75) is 45.7 Å². The molecule has 1 heterocycles. The SMILES string of the molecule is CC(C)(C)NCc1ncccc1OCC1CC1. The van der Waals surface area contributed by atoms with Crippen molar-refractivity contribution in [3.63, 3.8) is 0 Å². The van der Waals surface area contributed by atoms with Crippen LogP contribution in [-0.4, -0.2) is 17.1 Å². The van der Waals surface area contributed by atoms with Crippen LogP contribution in [0.2, 0.25) is 0 Å². The van der Waals surface area contributed by atoms with Gasteiger partial charge >= 0.3 is 0 Å². The number of hydrogen-bond donors (Lipinski definition) is 1. The highest BCUT2D eigenvalue weighted by Gasteiger charge is 2.22. The third-order valence-electron chi connectivity index (χ3n) is 2.81. The summed E-state index contributed by atoms with van der Waals surface area (Å²) in [4.78, 5) is 4.39. The maximum absolute atomic E-state index is 5.82. The summed E-state index contributed by atoms with van der Waals surface area (Å²) in [5, 5.41) is 3.44. The van der Waals surface area contributed by atoms with Crippen LogP contribution >= 0.6 is 0 Å². The molecule has 1 aliphatic carbocycles. The fraction of sp³-hybridized carbons (Fsp3) is 0.643. The number of aromatic nitrogens is 1. The quantitative estimate of drug-likeness (QED) is 0.850. The highest BCUT2D eigenvalue weighted by Crippen LogP contribution is 2.30. The Morgan fingerprint density at radius 3 is 2.82 bits per heavy atom. The van der Waals surface area contributed by atoms with Crippen molar-refractivity contribution < 1.29 is 4.74 Å². The van der Waals surface area contributed by atoms with E-state index in [0.29, 0.717) is 0 Å². The minimum absolute atomic E-state index is 0.102. The van der Waals surface area contributed by atoms with E-state index in [1.54, 1.807) is 0 Å². The zero-order valence-corrected chi connectivity index (χ0v) is 11.0. The largest absolute Gasteiger partial charge is 0.491 e. The molecule has 0 atom stereocenters. The van der Waals surface area contributed by atoms with E-state index in [4.69, 9.17) is 4.74 Å². The Labute approximate surface area is 104 Å². The zero-order chi connectivity index (χ0) is 12.3. The molecule has 0 bridgehead atoms. The molecule has 1 N–H and O–H groups in total. The van der Waals surface area contributed by atoms with Gasteiger partial charge in [-0.3, -0.25) is 4.98 Å². The number of hydrogen-bond acceptors (Lipinski definition) is 3. The lowest BCUT2D eigenvalue weighted by Crippen LogP contribution is -2.35. The van der Waals surface area contributed by atoms with Crippen LogP contribution in [0.4, 0.5) is 0 Å². The van der Waals surface area contributed by atoms with Crippen LogP contribution < -0.4 is 10.1 Å². The van der Waals surface area contributed by atoms with Gasteiger partial charge in [0.25, 0.3) is 0 Å². The van der Waals surface area contributed by atoms with Crippen LogP contribution in [0.1, 0.15) is 39.3 Å². The Kier molecular flexibility index (Phi) is 3.67. The number of nitrogens with zero attached hydrogens (tertiary/aromatic N) is 1. The molecule has 0 unspecified atom stereocenters. The van der Waals surface area contributed by atoms with E-state index in [-0.39, 0.29) is 5.54 Å². The van der Waals surface area contributed by atoms with Crippen LogP contribution in [0, 0.1) is 5.92 Å². The molecule has 0 amide bonds. The van der Waals surface area contributed by atoms with Gasteiger partial charge in [0, 0.05) is 18.3 Å². The van der Waals surface area contributed by atoms with Crippen molar-refractivity contribution in [3.05, 3.63) is 24.0 Å². The predicted octanol–water partition coefficient (Wildman–Crippen LogP) is 2.76. The second kappa shape index (κ2) is 5.05. The molecule has 17 heavy (non-hydrogen) atoms. The van der Waals surface area contributed by atoms with E-state index in [1.165, 1.54) is 12.8 Å². The molecular formula is C14H22N2O. The lowest BCUT2D eigenvalue weighted by Gasteiger charge is -2.21. The van der Waals surface area contributed by atoms with Crippen molar-refractivity contribution in [1.82, 2.24) is 10.3 Å². The maximum atomic E-state index is 5.82. The molecule has 1 fully saturated rings. The number of ether oxygens (including phenoxy) is 1. The van der Waals surface area contributed by atoms with Gasteiger partial charge in [0.1, 0.15) is 5.75 Å². The van der Waals surface area contributed by atoms with Crippen LogP contribution in [0.15, 0.2) is 18.3 Å². The Balaban J connectivity index is 1.94. The first kappa shape index (κ1) is 12.4. The first-order valence-electron chi connectivity index (χ1n) is 6.36. The summed E-state index contributed by atoms with van der Waals surface area (Å²) in [6.45, 7) is 8.06. The molecule has 1 aromatic rings. The third kappa shape index (κ3) is 4.35. The van der Waals surface area contributed by atoms with Crippen LogP contribution in [0.3, 0.4) is 0 Å². The minimum atomic E-state index is 0.102. The Hall–Kier alpha value is -1.09. The van der Waals surface area contributed by atoms with Crippen molar-refractivity contribution in [2.24, 2.45) is 5.92 Å². The van der Waals surface area contributed by atoms with E-state index in [9.17, 15) is 0 Å². The second-order valence-corrected chi connectivity index (χ2v) is 5.81. The monoisotopic (exact) mass is 234 g/mol. The molecule has 0 radical (unpaired) electrons. The van der Waals surface area contributed by atoms with E-state index in [2.05, 4.69) is 31.1 Å². The lowest BCUT2D eigenvalue weighted by molar-refractivity contribution is 0.292. The predicted molar refractivity (Wildman–Crippen MR) is 69.0 cm³/mol. The van der Waals surface area contributed by atoms with Gasteiger partial charge in [-0.05, 0) is 51.7 Å². The van der Waals surface area contributed by atoms with Crippen LogP contribution in [0.25, 0.3) is 0 Å². The van der Waals surface area contributed by atoms with Crippen LogP contribution in [0.5, 0.6) is 5.75 Å². The van der Waals surface area contributed by atoms with E-state index in [0.717, 1.165) is 30.5 Å². The second-order valence-electron chi connectivity index (χ2n) is 5.81. The van der Waals surface area contributed by atoms with Crippen molar-refractivity contribution in [3.8, 4) is 5.75 Å². The Morgan fingerprint density at radius 1 is 1.41 bits per heavy atom. The van der Waals surface area contributed by atoms with E-state index < -0.39 is 0 Å². The molecular weight excluding hydrogens is 212 g/mol. The fourth-order valence-corrected chi connectivity index (χ4v) is 1.53. The maximum Gasteiger partial charge on any atom is 0.142 e. The summed E-state index contributed by atoms with van der Waals surface area (Å²) in [7, 11) is 0. The van der Waals surface area contributed by atoms with Gasteiger partial charge in [-0.2, -0.15) is 0 Å². The summed E-state index contributed by atoms with van der Waals surface area (Å²) in [5.41, 5.74) is 1.11. The molecule has 2 rings (SSSR count). The molecule has 0 spiro atoms. The molecule has 3 nitrogen and oxygen atoms in total. The Morgan fingerprint density at radius 2 is 2.18 bits per heavy atom. The number of pyridine rings is 1. The highest BCUT2D eigenvalue weighted by molar-refractivity contribution is 5.27. The van der Waals surface area contributed by atoms with Gasteiger partial charge < -0.3 is 10.1 Å². The first-order valence-corrected chi connectivity index (χ1v) is 6.36. The minimum Gasteiger partial charge on any atom is -0.491 e. The van der Waals surface area contributed by atoms with Gasteiger partial charge in [-0.15, -0.1) is 0 Å². The smallest absolute Gasteiger partial charge is 0.142 e. The number of rotatable bonds is 5. The average Bonchev–Trinajstić information content (AvgIpc) is 3.07. The average molecular weight is 234 g/mol. The van der Waals surface area contributed by atoms with Gasteiger partial charge in [0.2, 0.25) is 0 Å². The molecule has 94 valence electrons. The van der Waals surface area contributed by atoms with Gasteiger partial charge in [0.05, 0.1) is 12.3 Å². The molecule has 1 saturated carbocycles. The fourth-order valence-electron chi connectivity index (χ4n) is 1.53. The topological polar surface area (TPSA) is 34.2 Å². The highest BCUT2D eigenvalue weighted by atomic mass is 16.5. The van der Waals surface area contributed by atoms with Gasteiger partial charge in [0.15, 0.2) is 0 Å². The third-order valence-corrected chi connectivity index (χ3v) is 2.81. The van der Waals surface area contributed by atoms with Gasteiger partial charge in [-0.25, -0.2) is 0 Å². The normalized spacial score (nSPS) is 15.9. The first-order chi connectivity index (χ1) is 8.04. The van der Waals surface area contributed by atoms with Crippen molar-refractivity contribution in [1.29, 1.82) is 0 Å². The molecule has 0 aliphatic heterocycles. The zero-order valence-electron chi connectivity index (χ0n) is 11.0. The van der Waals surface area contributed by atoms with E-state index in [1.807, 2.05) is 18.3 Å².